The van der Waals surface area contributed by atoms with Gasteiger partial charge in [-0.2, -0.15) is 0 Å². The summed E-state index contributed by atoms with van der Waals surface area (Å²) in [4.78, 5) is 37.6. The molecule has 2 N–H and O–H groups in total. The van der Waals surface area contributed by atoms with E-state index in [1.165, 1.54) is 231 Å². The lowest BCUT2D eigenvalue weighted by Gasteiger charge is -2.27. The molecular formula is C66H128N2O7P+. The van der Waals surface area contributed by atoms with Gasteiger partial charge in [-0.3, -0.25) is 18.6 Å². The summed E-state index contributed by atoms with van der Waals surface area (Å²) in [5.41, 5.74) is 0. The van der Waals surface area contributed by atoms with Crippen molar-refractivity contribution < 1.29 is 37.3 Å². The van der Waals surface area contributed by atoms with E-state index >= 15 is 0 Å². The molecule has 0 saturated carbocycles. The van der Waals surface area contributed by atoms with Crippen LogP contribution in [0.2, 0.25) is 0 Å². The van der Waals surface area contributed by atoms with E-state index in [0.29, 0.717) is 17.4 Å². The fraction of sp³-hybridized carbons (Fsp3) is 0.879. The Labute approximate surface area is 472 Å². The Kier molecular flexibility index (Phi) is 55.2. The summed E-state index contributed by atoms with van der Waals surface area (Å²) >= 11 is 0. The van der Waals surface area contributed by atoms with Gasteiger partial charge in [0.05, 0.1) is 33.8 Å². The minimum atomic E-state index is -4.46. The molecule has 10 heteroatoms. The summed E-state index contributed by atoms with van der Waals surface area (Å²) in [6.45, 7) is 7.00. The van der Waals surface area contributed by atoms with Crippen LogP contribution >= 0.6 is 7.82 Å². The second kappa shape index (κ2) is 56.5. The molecule has 0 saturated heterocycles. The number of unbranched alkanes of at least 4 members (excludes halogenated alkanes) is 40. The first-order valence-electron chi connectivity index (χ1n) is 32.8. The van der Waals surface area contributed by atoms with Gasteiger partial charge in [0.2, 0.25) is 5.91 Å². The van der Waals surface area contributed by atoms with Crippen molar-refractivity contribution in [2.24, 2.45) is 0 Å². The van der Waals surface area contributed by atoms with Crippen LogP contribution < -0.4 is 5.32 Å². The Morgan fingerprint density at radius 2 is 0.816 bits per heavy atom. The van der Waals surface area contributed by atoms with Crippen LogP contribution in [0, 0.1) is 0 Å². The largest absolute Gasteiger partial charge is 0.472 e. The summed E-state index contributed by atoms with van der Waals surface area (Å²) < 4.78 is 30.7. The number of carbonyl (C=O) groups excluding carboxylic acids is 2. The minimum absolute atomic E-state index is 0.0334. The Hall–Kier alpha value is -1.77. The molecule has 0 radical (unpaired) electrons. The number of nitrogens with one attached hydrogen (secondary N) is 1. The summed E-state index contributed by atoms with van der Waals surface area (Å²) in [6, 6.07) is -0.874. The normalized spacial score (nSPS) is 13.8. The third-order valence-corrected chi connectivity index (χ3v) is 15.8. The number of carbonyl (C=O) groups is 2. The Balaban J connectivity index is 5.07. The SMILES string of the molecule is CCCCCCCC/C=C\C/C=C/CCC(=O)NC(COP(=O)(O)OCC[N+](C)(C)C)C(/C=C\CCCCCCCCCCCC)OC(=O)CCCCCCCCCCCCCCCCCCCCCCCCCCC. The molecule has 76 heavy (non-hydrogen) atoms. The molecule has 0 bridgehead atoms. The quantitative estimate of drug-likeness (QED) is 0.0205. The highest BCUT2D eigenvalue weighted by Crippen LogP contribution is 2.43. The second-order valence-electron chi connectivity index (χ2n) is 23.6. The van der Waals surface area contributed by atoms with Crippen LogP contribution in [0.5, 0.6) is 0 Å². The third kappa shape index (κ3) is 56.9. The molecular weight excluding hydrogens is 964 g/mol. The predicted molar refractivity (Wildman–Crippen MR) is 328 cm³/mol. The van der Waals surface area contributed by atoms with Gasteiger partial charge < -0.3 is 19.4 Å². The Morgan fingerprint density at radius 1 is 0.461 bits per heavy atom. The van der Waals surface area contributed by atoms with Gasteiger partial charge in [-0.1, -0.05) is 295 Å². The number of amides is 1. The monoisotopic (exact) mass is 1090 g/mol. The average Bonchev–Trinajstić information content (AvgIpc) is 3.38. The summed E-state index contributed by atoms with van der Waals surface area (Å²) in [5.74, 6) is -0.569. The molecule has 0 aliphatic rings. The lowest BCUT2D eigenvalue weighted by atomic mass is 10.0. The molecule has 448 valence electrons. The molecule has 0 aliphatic carbocycles. The van der Waals surface area contributed by atoms with Crippen LogP contribution in [-0.2, 0) is 27.9 Å². The summed E-state index contributed by atoms with van der Waals surface area (Å²) in [7, 11) is 1.48. The number of quaternary nitrogens is 1. The predicted octanol–water partition coefficient (Wildman–Crippen LogP) is 20.3. The fourth-order valence-corrected chi connectivity index (χ4v) is 10.5. The van der Waals surface area contributed by atoms with Gasteiger partial charge in [-0.15, -0.1) is 0 Å². The van der Waals surface area contributed by atoms with Crippen molar-refractivity contribution in [3.63, 3.8) is 0 Å². The van der Waals surface area contributed by atoms with E-state index in [1.54, 1.807) is 0 Å². The van der Waals surface area contributed by atoms with Crippen molar-refractivity contribution in [3.05, 3.63) is 36.5 Å². The molecule has 0 rings (SSSR count). The summed E-state index contributed by atoms with van der Waals surface area (Å²) in [5, 5.41) is 3.02. The first kappa shape index (κ1) is 74.2. The number of esters is 1. The lowest BCUT2D eigenvalue weighted by molar-refractivity contribution is -0.870. The number of rotatable bonds is 60. The van der Waals surface area contributed by atoms with Crippen molar-refractivity contribution in [3.8, 4) is 0 Å². The number of likely N-dealkylation sites (N-methyl/N-ethyl adjacent to an activating group) is 1. The highest BCUT2D eigenvalue weighted by Gasteiger charge is 2.30. The van der Waals surface area contributed by atoms with Crippen LogP contribution in [0.25, 0.3) is 0 Å². The van der Waals surface area contributed by atoms with E-state index in [2.05, 4.69) is 44.3 Å². The maximum atomic E-state index is 13.5. The lowest BCUT2D eigenvalue weighted by Crippen LogP contribution is -2.47. The molecule has 0 heterocycles. The van der Waals surface area contributed by atoms with E-state index in [4.69, 9.17) is 13.8 Å². The van der Waals surface area contributed by atoms with E-state index in [0.717, 1.165) is 51.4 Å². The Bertz CT molecular complexity index is 1400. The maximum Gasteiger partial charge on any atom is 0.472 e. The van der Waals surface area contributed by atoms with Gasteiger partial charge in [-0.05, 0) is 51.0 Å². The average molecular weight is 1090 g/mol. The number of phosphoric ester groups is 1. The van der Waals surface area contributed by atoms with Crippen molar-refractivity contribution in [1.29, 1.82) is 0 Å². The van der Waals surface area contributed by atoms with Gasteiger partial charge in [0, 0.05) is 12.8 Å². The molecule has 0 aliphatic heterocycles. The number of ether oxygens (including phenoxy) is 1. The van der Waals surface area contributed by atoms with E-state index in [1.807, 2.05) is 39.4 Å². The second-order valence-corrected chi connectivity index (χ2v) is 25.1. The van der Waals surface area contributed by atoms with E-state index < -0.39 is 20.0 Å². The van der Waals surface area contributed by atoms with Crippen LogP contribution in [0.4, 0.5) is 0 Å². The first-order valence-corrected chi connectivity index (χ1v) is 34.3. The van der Waals surface area contributed by atoms with Crippen LogP contribution in [0.3, 0.4) is 0 Å². The zero-order valence-corrected chi connectivity index (χ0v) is 52.2. The van der Waals surface area contributed by atoms with Crippen molar-refractivity contribution in [1.82, 2.24) is 5.32 Å². The zero-order chi connectivity index (χ0) is 55.7. The van der Waals surface area contributed by atoms with E-state index in [-0.39, 0.29) is 37.9 Å². The number of hydrogen-bond acceptors (Lipinski definition) is 6. The molecule has 9 nitrogen and oxygen atoms in total. The van der Waals surface area contributed by atoms with Gasteiger partial charge in [0.1, 0.15) is 19.3 Å². The summed E-state index contributed by atoms with van der Waals surface area (Å²) in [6.07, 6.45) is 69.0. The topological polar surface area (TPSA) is 111 Å². The van der Waals surface area contributed by atoms with Gasteiger partial charge in [0.15, 0.2) is 0 Å². The molecule has 0 spiro atoms. The van der Waals surface area contributed by atoms with Crippen LogP contribution in [0.15, 0.2) is 36.5 Å². The molecule has 3 unspecified atom stereocenters. The Morgan fingerprint density at radius 3 is 1.21 bits per heavy atom. The van der Waals surface area contributed by atoms with Gasteiger partial charge >= 0.3 is 13.8 Å². The van der Waals surface area contributed by atoms with Crippen LogP contribution in [0.1, 0.15) is 323 Å². The van der Waals surface area contributed by atoms with Crippen molar-refractivity contribution >= 4 is 19.7 Å². The van der Waals surface area contributed by atoms with E-state index in [9.17, 15) is 19.0 Å². The number of allylic oxidation sites excluding steroid dienone is 5. The molecule has 0 fully saturated rings. The van der Waals surface area contributed by atoms with Gasteiger partial charge in [0.25, 0.3) is 0 Å². The zero-order valence-electron chi connectivity index (χ0n) is 51.3. The first-order chi connectivity index (χ1) is 36.9. The molecule has 0 aromatic rings. The number of hydrogen-bond donors (Lipinski definition) is 2. The minimum Gasteiger partial charge on any atom is -0.456 e. The number of nitrogens with zero attached hydrogens (tertiary/aromatic N) is 1. The van der Waals surface area contributed by atoms with Crippen LogP contribution in [-0.4, -0.2) is 74.3 Å². The standard InChI is InChI=1S/C66H127N2O7P/c1-7-10-13-16-19-22-25-28-29-30-31-32-33-34-35-36-37-38-39-41-44-47-50-53-56-59-66(70)75-64(57-54-51-48-45-42-27-24-21-18-15-12-9-3)63(62-74-76(71,72)73-61-60-68(4,5)6)67-65(69)58-55-52-49-46-43-40-26-23-20-17-14-11-8-2/h40,43,49,52,54,57,63-64H,7-39,41-42,44-48,50-51,53,55-56,58-62H2,1-6H3,(H-,67,69,71,72)/p+1/b43-40-,52-49+,57-54-. The highest BCUT2D eigenvalue weighted by molar-refractivity contribution is 7.47. The fourth-order valence-electron chi connectivity index (χ4n) is 9.76. The number of phosphoric acid groups is 1. The van der Waals surface area contributed by atoms with Crippen molar-refractivity contribution in [2.45, 2.75) is 335 Å². The van der Waals surface area contributed by atoms with Crippen molar-refractivity contribution in [2.75, 3.05) is 40.9 Å². The maximum absolute atomic E-state index is 13.5. The molecule has 3 atom stereocenters. The molecule has 0 aromatic heterocycles. The highest BCUT2D eigenvalue weighted by atomic mass is 31.2. The van der Waals surface area contributed by atoms with Gasteiger partial charge in [-0.25, -0.2) is 4.57 Å². The third-order valence-electron chi connectivity index (χ3n) is 14.8. The molecule has 0 aromatic carbocycles. The molecule has 1 amide bonds. The smallest absolute Gasteiger partial charge is 0.456 e.